The van der Waals surface area contributed by atoms with E-state index in [1.165, 1.54) is 10.6 Å². The number of aryl methyl sites for hydroxylation is 1. The van der Waals surface area contributed by atoms with Crippen LogP contribution in [-0.2, 0) is 7.05 Å². The molecule has 1 aromatic heterocycles. The summed E-state index contributed by atoms with van der Waals surface area (Å²) in [6.07, 6.45) is 2.68. The molecule has 0 saturated carbocycles. The Morgan fingerprint density at radius 2 is 2.06 bits per heavy atom. The van der Waals surface area contributed by atoms with Gasteiger partial charge in [-0.2, -0.15) is 0 Å². The second kappa shape index (κ2) is 5.82. The molecular formula is C13H20N2O3. The predicted molar refractivity (Wildman–Crippen MR) is 69.5 cm³/mol. The summed E-state index contributed by atoms with van der Waals surface area (Å²) in [5.74, 6) is -0.340. The molecule has 1 rings (SSSR count). The smallest absolute Gasteiger partial charge is 0.251 e. The lowest BCUT2D eigenvalue weighted by molar-refractivity contribution is 0.0314. The summed E-state index contributed by atoms with van der Waals surface area (Å²) in [7, 11) is 1.62. The number of nitrogens with one attached hydrogen (secondary N) is 1. The zero-order valence-electron chi connectivity index (χ0n) is 11.1. The molecule has 5 heteroatoms. The Morgan fingerprint density at radius 1 is 1.44 bits per heavy atom. The molecule has 0 aliphatic heterocycles. The Bertz CT molecular complexity index is 475. The predicted octanol–water partition coefficient (Wildman–Crippen LogP) is 0.666. The van der Waals surface area contributed by atoms with Gasteiger partial charge in [-0.1, -0.05) is 13.8 Å². The van der Waals surface area contributed by atoms with Crippen LogP contribution in [-0.4, -0.2) is 27.7 Å². The number of carbonyl (C=O) groups is 1. The minimum absolute atomic E-state index is 0.189. The molecule has 18 heavy (non-hydrogen) atoms. The van der Waals surface area contributed by atoms with Gasteiger partial charge in [-0.25, -0.2) is 0 Å². The Morgan fingerprint density at radius 3 is 2.56 bits per heavy atom. The van der Waals surface area contributed by atoms with E-state index in [0.717, 1.165) is 0 Å². The molecule has 5 nitrogen and oxygen atoms in total. The van der Waals surface area contributed by atoms with Crippen LogP contribution in [0, 0.1) is 0 Å². The third-order valence-electron chi connectivity index (χ3n) is 3.26. The Labute approximate surface area is 106 Å². The molecule has 0 aliphatic rings. The van der Waals surface area contributed by atoms with Crippen molar-refractivity contribution < 1.29 is 9.90 Å². The van der Waals surface area contributed by atoms with Gasteiger partial charge < -0.3 is 15.0 Å². The summed E-state index contributed by atoms with van der Waals surface area (Å²) in [6, 6.07) is 2.86. The SMILES string of the molecule is CCC(O)(CC)CNC(=O)c1ccn(C)c(=O)c1. The first-order valence-corrected chi connectivity index (χ1v) is 6.09. The van der Waals surface area contributed by atoms with Crippen molar-refractivity contribution in [3.8, 4) is 0 Å². The van der Waals surface area contributed by atoms with Crippen molar-refractivity contribution in [2.75, 3.05) is 6.54 Å². The van der Waals surface area contributed by atoms with Crippen LogP contribution in [0.4, 0.5) is 0 Å². The van der Waals surface area contributed by atoms with Gasteiger partial charge in [0.1, 0.15) is 0 Å². The third-order valence-corrected chi connectivity index (χ3v) is 3.26. The van der Waals surface area contributed by atoms with Crippen LogP contribution in [0.5, 0.6) is 0 Å². The van der Waals surface area contributed by atoms with Gasteiger partial charge in [0.15, 0.2) is 0 Å². The van der Waals surface area contributed by atoms with E-state index in [0.29, 0.717) is 18.4 Å². The number of carbonyl (C=O) groups excluding carboxylic acids is 1. The number of rotatable bonds is 5. The number of nitrogens with zero attached hydrogens (tertiary/aromatic N) is 1. The minimum Gasteiger partial charge on any atom is -0.388 e. The number of aromatic nitrogens is 1. The largest absolute Gasteiger partial charge is 0.388 e. The summed E-state index contributed by atoms with van der Waals surface area (Å²) in [5, 5.41) is 12.7. The summed E-state index contributed by atoms with van der Waals surface area (Å²) >= 11 is 0. The highest BCUT2D eigenvalue weighted by Crippen LogP contribution is 2.13. The van der Waals surface area contributed by atoms with Crippen molar-refractivity contribution in [3.05, 3.63) is 34.2 Å². The maximum Gasteiger partial charge on any atom is 0.251 e. The van der Waals surface area contributed by atoms with Gasteiger partial charge in [0.25, 0.3) is 11.5 Å². The highest BCUT2D eigenvalue weighted by molar-refractivity contribution is 5.94. The molecule has 0 radical (unpaired) electrons. The first kappa shape index (κ1) is 14.4. The van der Waals surface area contributed by atoms with Crippen molar-refractivity contribution in [3.63, 3.8) is 0 Å². The lowest BCUT2D eigenvalue weighted by atomic mass is 9.97. The lowest BCUT2D eigenvalue weighted by Crippen LogP contribution is -2.42. The highest BCUT2D eigenvalue weighted by atomic mass is 16.3. The normalized spacial score (nSPS) is 11.3. The van der Waals surface area contributed by atoms with Crippen molar-refractivity contribution in [1.29, 1.82) is 0 Å². The van der Waals surface area contributed by atoms with Gasteiger partial charge in [0, 0.05) is 31.4 Å². The second-order valence-corrected chi connectivity index (χ2v) is 4.48. The molecule has 0 spiro atoms. The second-order valence-electron chi connectivity index (χ2n) is 4.48. The van der Waals surface area contributed by atoms with Crippen molar-refractivity contribution in [2.45, 2.75) is 32.3 Å². The molecule has 1 amide bonds. The van der Waals surface area contributed by atoms with Gasteiger partial charge in [-0.3, -0.25) is 9.59 Å². The number of aliphatic hydroxyl groups is 1. The zero-order chi connectivity index (χ0) is 13.8. The average molecular weight is 252 g/mol. The zero-order valence-corrected chi connectivity index (χ0v) is 11.1. The fourth-order valence-electron chi connectivity index (χ4n) is 1.54. The number of amides is 1. The molecule has 0 aromatic carbocycles. The Hall–Kier alpha value is -1.62. The van der Waals surface area contributed by atoms with Crippen molar-refractivity contribution >= 4 is 5.91 Å². The number of hydrogen-bond donors (Lipinski definition) is 2. The molecule has 2 N–H and O–H groups in total. The monoisotopic (exact) mass is 252 g/mol. The molecule has 0 aliphatic carbocycles. The molecule has 0 fully saturated rings. The summed E-state index contributed by atoms with van der Waals surface area (Å²) < 4.78 is 1.39. The van der Waals surface area contributed by atoms with Crippen LogP contribution in [0.25, 0.3) is 0 Å². The molecule has 0 atom stereocenters. The van der Waals surface area contributed by atoms with Crippen molar-refractivity contribution in [2.24, 2.45) is 7.05 Å². The van der Waals surface area contributed by atoms with Crippen LogP contribution in [0.1, 0.15) is 37.0 Å². The Balaban J connectivity index is 2.71. The van der Waals surface area contributed by atoms with Gasteiger partial charge in [0.2, 0.25) is 0 Å². The number of pyridine rings is 1. The fourth-order valence-corrected chi connectivity index (χ4v) is 1.54. The van der Waals surface area contributed by atoms with Gasteiger partial charge in [-0.05, 0) is 18.9 Å². The van der Waals surface area contributed by atoms with Crippen LogP contribution in [0.2, 0.25) is 0 Å². The van der Waals surface area contributed by atoms with E-state index in [-0.39, 0.29) is 18.0 Å². The first-order valence-electron chi connectivity index (χ1n) is 6.09. The maximum absolute atomic E-state index is 11.8. The van der Waals surface area contributed by atoms with E-state index in [1.54, 1.807) is 19.3 Å². The van der Waals surface area contributed by atoms with Gasteiger partial charge in [-0.15, -0.1) is 0 Å². The summed E-state index contributed by atoms with van der Waals surface area (Å²) in [5.41, 5.74) is -0.799. The minimum atomic E-state index is -0.880. The molecule has 1 aromatic rings. The standard InChI is InChI=1S/C13H20N2O3/c1-4-13(18,5-2)9-14-12(17)10-6-7-15(3)11(16)8-10/h6-8,18H,4-5,9H2,1-3H3,(H,14,17). The van der Waals surface area contributed by atoms with E-state index in [2.05, 4.69) is 5.32 Å². The lowest BCUT2D eigenvalue weighted by Gasteiger charge is -2.25. The van der Waals surface area contributed by atoms with E-state index in [1.807, 2.05) is 13.8 Å². The van der Waals surface area contributed by atoms with E-state index in [9.17, 15) is 14.7 Å². The Kier molecular flexibility index (Phi) is 4.67. The quantitative estimate of drug-likeness (QED) is 0.809. The molecular weight excluding hydrogens is 232 g/mol. The van der Waals surface area contributed by atoms with Crippen molar-refractivity contribution in [1.82, 2.24) is 9.88 Å². The van der Waals surface area contributed by atoms with Crippen LogP contribution in [0.3, 0.4) is 0 Å². The third kappa shape index (κ3) is 3.43. The summed E-state index contributed by atoms with van der Waals surface area (Å²) in [6.45, 7) is 3.93. The molecule has 0 bridgehead atoms. The van der Waals surface area contributed by atoms with E-state index >= 15 is 0 Å². The van der Waals surface area contributed by atoms with Crippen LogP contribution in [0.15, 0.2) is 23.1 Å². The molecule has 0 unspecified atom stereocenters. The van der Waals surface area contributed by atoms with E-state index in [4.69, 9.17) is 0 Å². The molecule has 0 saturated heterocycles. The summed E-state index contributed by atoms with van der Waals surface area (Å²) in [4.78, 5) is 23.2. The number of hydrogen-bond acceptors (Lipinski definition) is 3. The van der Waals surface area contributed by atoms with E-state index < -0.39 is 5.60 Å². The molecule has 100 valence electrons. The van der Waals surface area contributed by atoms with Crippen LogP contribution < -0.4 is 10.9 Å². The first-order chi connectivity index (χ1) is 8.41. The van der Waals surface area contributed by atoms with Crippen LogP contribution >= 0.6 is 0 Å². The fraction of sp³-hybridized carbons (Fsp3) is 0.538. The highest BCUT2D eigenvalue weighted by Gasteiger charge is 2.23. The average Bonchev–Trinajstić information content (AvgIpc) is 2.38. The van der Waals surface area contributed by atoms with Gasteiger partial charge >= 0.3 is 0 Å². The topological polar surface area (TPSA) is 71.3 Å². The van der Waals surface area contributed by atoms with Gasteiger partial charge in [0.05, 0.1) is 5.60 Å². The molecule has 1 heterocycles. The maximum atomic E-state index is 11.8.